The Labute approximate surface area is 138 Å². The van der Waals surface area contributed by atoms with Gasteiger partial charge < -0.3 is 4.90 Å². The molecule has 0 saturated heterocycles. The third-order valence-electron chi connectivity index (χ3n) is 4.34. The van der Waals surface area contributed by atoms with Crippen molar-refractivity contribution in [3.63, 3.8) is 0 Å². The number of rotatable bonds is 6. The molecule has 1 aromatic carbocycles. The van der Waals surface area contributed by atoms with Crippen LogP contribution in [0.2, 0.25) is 0 Å². The summed E-state index contributed by atoms with van der Waals surface area (Å²) in [4.78, 5) is 27.4. The zero-order valence-corrected chi connectivity index (χ0v) is 13.6. The molecule has 1 fully saturated rings. The Morgan fingerprint density at radius 1 is 1.26 bits per heavy atom. The molecule has 1 aromatic rings. The van der Waals surface area contributed by atoms with E-state index in [0.29, 0.717) is 25.8 Å². The van der Waals surface area contributed by atoms with Crippen molar-refractivity contribution >= 4 is 17.8 Å². The number of hydrogen-bond donors (Lipinski definition) is 0. The monoisotopic (exact) mass is 309 g/mol. The van der Waals surface area contributed by atoms with E-state index in [1.54, 1.807) is 24.1 Å². The molecule has 1 unspecified atom stereocenters. The number of ketones is 1. The van der Waals surface area contributed by atoms with Crippen LogP contribution in [0.25, 0.3) is 6.08 Å². The van der Waals surface area contributed by atoms with E-state index in [1.165, 1.54) is 0 Å². The fourth-order valence-electron chi connectivity index (χ4n) is 3.15. The number of Topliss-reactive ketones (excluding diaryl/α,β-unsaturated/α-hetero) is 1. The van der Waals surface area contributed by atoms with Crippen LogP contribution in [0.4, 0.5) is 0 Å². The molecule has 0 N–H and O–H groups in total. The highest BCUT2D eigenvalue weighted by Gasteiger charge is 2.50. The second-order valence-electron chi connectivity index (χ2n) is 5.96. The van der Waals surface area contributed by atoms with Crippen molar-refractivity contribution in [1.29, 1.82) is 0 Å². The lowest BCUT2D eigenvalue weighted by atomic mass is 9.79. The van der Waals surface area contributed by atoms with Gasteiger partial charge in [0.25, 0.3) is 0 Å². The van der Waals surface area contributed by atoms with E-state index in [2.05, 4.69) is 13.2 Å². The number of allylic oxidation sites excluding steroid dienone is 2. The minimum absolute atomic E-state index is 0.0674. The van der Waals surface area contributed by atoms with Gasteiger partial charge in [0, 0.05) is 13.6 Å². The van der Waals surface area contributed by atoms with Crippen LogP contribution in [0.5, 0.6) is 0 Å². The van der Waals surface area contributed by atoms with Gasteiger partial charge >= 0.3 is 0 Å². The average Bonchev–Trinajstić information content (AvgIpc) is 2.86. The molecule has 1 aliphatic carbocycles. The highest BCUT2D eigenvalue weighted by Crippen LogP contribution is 2.43. The van der Waals surface area contributed by atoms with Crippen LogP contribution >= 0.6 is 0 Å². The predicted octanol–water partition coefficient (Wildman–Crippen LogP) is 3.64. The van der Waals surface area contributed by atoms with E-state index < -0.39 is 5.41 Å². The standard InChI is InChI=1S/C20H23NO2/c1-4-12-20(19(23)21(3)14-5-2)13-11-17(18(20)22)15-16-9-7-6-8-10-16/h4-10,15H,1-2,11-14H2,3H3/b17-15+. The van der Waals surface area contributed by atoms with Gasteiger partial charge in [-0.3, -0.25) is 9.59 Å². The van der Waals surface area contributed by atoms with Gasteiger partial charge in [0.1, 0.15) is 5.41 Å². The summed E-state index contributed by atoms with van der Waals surface area (Å²) >= 11 is 0. The molecule has 0 aromatic heterocycles. The van der Waals surface area contributed by atoms with Crippen molar-refractivity contribution < 1.29 is 9.59 Å². The van der Waals surface area contributed by atoms with Crippen molar-refractivity contribution in [3.05, 3.63) is 66.8 Å². The first-order valence-electron chi connectivity index (χ1n) is 7.83. The largest absolute Gasteiger partial charge is 0.341 e. The molecule has 120 valence electrons. The molecule has 1 amide bonds. The van der Waals surface area contributed by atoms with E-state index >= 15 is 0 Å². The number of likely N-dealkylation sites (N-methyl/N-ethyl adjacent to an activating group) is 1. The summed E-state index contributed by atoms with van der Waals surface area (Å²) < 4.78 is 0. The number of nitrogens with zero attached hydrogens (tertiary/aromatic N) is 1. The molecule has 0 spiro atoms. The minimum Gasteiger partial charge on any atom is -0.341 e. The maximum Gasteiger partial charge on any atom is 0.236 e. The van der Waals surface area contributed by atoms with E-state index in [-0.39, 0.29) is 11.7 Å². The summed E-state index contributed by atoms with van der Waals surface area (Å²) in [6.07, 6.45) is 6.76. The van der Waals surface area contributed by atoms with Crippen LogP contribution in [-0.4, -0.2) is 30.2 Å². The fraction of sp³-hybridized carbons (Fsp3) is 0.300. The predicted molar refractivity (Wildman–Crippen MR) is 93.7 cm³/mol. The first-order valence-corrected chi connectivity index (χ1v) is 7.83. The van der Waals surface area contributed by atoms with Crippen LogP contribution in [0, 0.1) is 5.41 Å². The van der Waals surface area contributed by atoms with Gasteiger partial charge in [-0.25, -0.2) is 0 Å². The molecular weight excluding hydrogens is 286 g/mol. The molecule has 1 atom stereocenters. The Morgan fingerprint density at radius 2 is 1.96 bits per heavy atom. The van der Waals surface area contributed by atoms with E-state index in [1.807, 2.05) is 36.4 Å². The zero-order chi connectivity index (χ0) is 16.9. The second kappa shape index (κ2) is 7.23. The highest BCUT2D eigenvalue weighted by molar-refractivity contribution is 6.17. The molecule has 1 aliphatic rings. The van der Waals surface area contributed by atoms with Crippen molar-refractivity contribution in [1.82, 2.24) is 4.90 Å². The van der Waals surface area contributed by atoms with Gasteiger partial charge in [0.2, 0.25) is 5.91 Å². The minimum atomic E-state index is -1.000. The molecule has 0 radical (unpaired) electrons. The Kier molecular flexibility index (Phi) is 5.32. The van der Waals surface area contributed by atoms with Gasteiger partial charge in [0.05, 0.1) is 0 Å². The van der Waals surface area contributed by atoms with Crippen LogP contribution in [0.3, 0.4) is 0 Å². The number of carbonyl (C=O) groups excluding carboxylic acids is 2. The highest BCUT2D eigenvalue weighted by atomic mass is 16.2. The lowest BCUT2D eigenvalue weighted by Crippen LogP contribution is -2.44. The summed E-state index contributed by atoms with van der Waals surface area (Å²) in [7, 11) is 1.71. The summed E-state index contributed by atoms with van der Waals surface area (Å²) in [6, 6.07) is 9.73. The van der Waals surface area contributed by atoms with Gasteiger partial charge in [-0.2, -0.15) is 0 Å². The molecule has 3 heteroatoms. The molecule has 2 rings (SSSR count). The van der Waals surface area contributed by atoms with Gasteiger partial charge in [-0.15, -0.1) is 13.2 Å². The van der Waals surface area contributed by atoms with E-state index in [4.69, 9.17) is 0 Å². The Bertz CT molecular complexity index is 645. The number of benzene rings is 1. The summed E-state index contributed by atoms with van der Waals surface area (Å²) in [6.45, 7) is 7.83. The first kappa shape index (κ1) is 16.9. The van der Waals surface area contributed by atoms with Gasteiger partial charge in [0.15, 0.2) is 5.78 Å². The smallest absolute Gasteiger partial charge is 0.236 e. The lowest BCUT2D eigenvalue weighted by Gasteiger charge is -2.29. The normalized spacial score (nSPS) is 22.1. The summed E-state index contributed by atoms with van der Waals surface area (Å²) in [5.41, 5.74) is 0.704. The molecule has 0 heterocycles. The molecule has 23 heavy (non-hydrogen) atoms. The van der Waals surface area contributed by atoms with E-state index in [0.717, 1.165) is 11.1 Å². The van der Waals surface area contributed by atoms with E-state index in [9.17, 15) is 9.59 Å². The maximum absolute atomic E-state index is 13.0. The molecule has 0 aliphatic heterocycles. The number of amides is 1. The second-order valence-corrected chi connectivity index (χ2v) is 5.96. The quantitative estimate of drug-likeness (QED) is 0.457. The van der Waals surface area contributed by atoms with Crippen molar-refractivity contribution in [2.75, 3.05) is 13.6 Å². The molecule has 3 nitrogen and oxygen atoms in total. The van der Waals surface area contributed by atoms with Gasteiger partial charge in [-0.1, -0.05) is 42.5 Å². The topological polar surface area (TPSA) is 37.4 Å². The molecular formula is C20H23NO2. The average molecular weight is 309 g/mol. The number of carbonyl (C=O) groups is 2. The SMILES string of the molecule is C=CCN(C)C(=O)C1(CC=C)CC/C(=C\c2ccccc2)C1=O. The molecule has 0 bridgehead atoms. The van der Waals surface area contributed by atoms with Crippen molar-refractivity contribution in [2.24, 2.45) is 5.41 Å². The van der Waals surface area contributed by atoms with Crippen molar-refractivity contribution in [3.8, 4) is 0 Å². The van der Waals surface area contributed by atoms with Crippen LogP contribution < -0.4 is 0 Å². The maximum atomic E-state index is 13.0. The summed E-state index contributed by atoms with van der Waals surface area (Å²) in [5.74, 6) is -0.207. The van der Waals surface area contributed by atoms with Crippen molar-refractivity contribution in [2.45, 2.75) is 19.3 Å². The lowest BCUT2D eigenvalue weighted by molar-refractivity contribution is -0.145. The fourth-order valence-corrected chi connectivity index (χ4v) is 3.15. The van der Waals surface area contributed by atoms with Gasteiger partial charge in [-0.05, 0) is 36.5 Å². The summed E-state index contributed by atoms with van der Waals surface area (Å²) in [5, 5.41) is 0. The Hall–Kier alpha value is -2.42. The molecule has 1 saturated carbocycles. The Balaban J connectivity index is 2.34. The zero-order valence-electron chi connectivity index (χ0n) is 13.6. The van der Waals surface area contributed by atoms with Crippen LogP contribution in [0.15, 0.2) is 61.2 Å². The Morgan fingerprint density at radius 3 is 2.57 bits per heavy atom. The number of hydrogen-bond acceptors (Lipinski definition) is 2. The van der Waals surface area contributed by atoms with Crippen LogP contribution in [0.1, 0.15) is 24.8 Å². The van der Waals surface area contributed by atoms with Crippen LogP contribution in [-0.2, 0) is 9.59 Å². The third kappa shape index (κ3) is 3.34. The first-order chi connectivity index (χ1) is 11.0. The third-order valence-corrected chi connectivity index (χ3v) is 4.34.